The van der Waals surface area contributed by atoms with E-state index in [1.807, 2.05) is 0 Å². The van der Waals surface area contributed by atoms with Crippen molar-refractivity contribution in [1.29, 1.82) is 0 Å². The Morgan fingerprint density at radius 3 is 2.29 bits per heavy atom. The second-order valence-corrected chi connectivity index (χ2v) is 8.64. The Labute approximate surface area is 164 Å². The molecule has 0 heterocycles. The summed E-state index contributed by atoms with van der Waals surface area (Å²) in [4.78, 5) is 23.9. The maximum absolute atomic E-state index is 12.3. The molecule has 0 unspecified atom stereocenters. The normalized spacial score (nSPS) is 11.6. The lowest BCUT2D eigenvalue weighted by molar-refractivity contribution is 0.0523. The fraction of sp³-hybridized carbons (Fsp3) is 0.263. The molecule has 28 heavy (non-hydrogen) atoms. The number of anilines is 1. The predicted octanol–water partition coefficient (Wildman–Crippen LogP) is 2.61. The van der Waals surface area contributed by atoms with Gasteiger partial charge in [0.1, 0.15) is 5.60 Å². The molecule has 9 heteroatoms. The van der Waals surface area contributed by atoms with Gasteiger partial charge in [0.05, 0.1) is 4.90 Å². The summed E-state index contributed by atoms with van der Waals surface area (Å²) in [6, 6.07) is 12.3. The van der Waals surface area contributed by atoms with E-state index in [4.69, 9.17) is 9.88 Å². The van der Waals surface area contributed by atoms with Gasteiger partial charge in [-0.25, -0.2) is 18.4 Å². The van der Waals surface area contributed by atoms with Crippen LogP contribution in [-0.2, 0) is 21.3 Å². The number of amides is 2. The summed E-state index contributed by atoms with van der Waals surface area (Å²) in [5.74, 6) is -0.404. The highest BCUT2D eigenvalue weighted by atomic mass is 32.2. The Morgan fingerprint density at radius 2 is 1.71 bits per heavy atom. The van der Waals surface area contributed by atoms with Crippen molar-refractivity contribution < 1.29 is 22.7 Å². The number of alkyl carbamates (subject to hydrolysis) is 1. The molecule has 0 aliphatic carbocycles. The molecule has 0 bridgehead atoms. The van der Waals surface area contributed by atoms with E-state index in [2.05, 4.69) is 10.6 Å². The molecule has 0 aliphatic rings. The van der Waals surface area contributed by atoms with Crippen LogP contribution in [0.1, 0.15) is 36.7 Å². The van der Waals surface area contributed by atoms with E-state index >= 15 is 0 Å². The van der Waals surface area contributed by atoms with Crippen molar-refractivity contribution in [3.8, 4) is 0 Å². The second kappa shape index (κ2) is 8.41. The number of sulfonamides is 1. The van der Waals surface area contributed by atoms with Gasteiger partial charge in [-0.1, -0.05) is 18.2 Å². The standard InChI is InChI=1S/C19H23N3O5S/c1-19(2,3)27-18(24)21-12-13-7-9-14(10-8-13)17(23)22-15-5-4-6-16(11-15)28(20,25)26/h4-11H,12H2,1-3H3,(H,21,24)(H,22,23)(H2,20,25,26). The number of nitrogens with one attached hydrogen (secondary N) is 2. The number of benzene rings is 2. The molecule has 0 saturated carbocycles. The second-order valence-electron chi connectivity index (χ2n) is 7.08. The molecular weight excluding hydrogens is 382 g/mol. The van der Waals surface area contributed by atoms with E-state index in [-0.39, 0.29) is 11.4 Å². The summed E-state index contributed by atoms with van der Waals surface area (Å²) < 4.78 is 27.9. The number of carbonyl (C=O) groups is 2. The van der Waals surface area contributed by atoms with E-state index in [0.29, 0.717) is 11.3 Å². The minimum Gasteiger partial charge on any atom is -0.444 e. The number of carbonyl (C=O) groups excluding carboxylic acids is 2. The summed E-state index contributed by atoms with van der Waals surface area (Å²) in [6.07, 6.45) is -0.524. The largest absolute Gasteiger partial charge is 0.444 e. The fourth-order valence-electron chi connectivity index (χ4n) is 2.22. The molecule has 0 saturated heterocycles. The molecule has 8 nitrogen and oxygen atoms in total. The Kier molecular flexibility index (Phi) is 6.42. The zero-order valence-electron chi connectivity index (χ0n) is 15.9. The number of hydrogen-bond donors (Lipinski definition) is 3. The maximum Gasteiger partial charge on any atom is 0.407 e. The first-order chi connectivity index (χ1) is 12.9. The number of ether oxygens (including phenoxy) is 1. The molecule has 2 aromatic carbocycles. The Balaban J connectivity index is 1.98. The number of rotatable bonds is 5. The van der Waals surface area contributed by atoms with Crippen LogP contribution in [-0.4, -0.2) is 26.0 Å². The molecule has 2 rings (SSSR count). The van der Waals surface area contributed by atoms with Crippen molar-refractivity contribution in [2.45, 2.75) is 37.8 Å². The molecular formula is C19H23N3O5S. The van der Waals surface area contributed by atoms with E-state index in [1.54, 1.807) is 51.1 Å². The summed E-state index contributed by atoms with van der Waals surface area (Å²) >= 11 is 0. The third-order valence-electron chi connectivity index (χ3n) is 3.47. The van der Waals surface area contributed by atoms with Gasteiger partial charge in [0.15, 0.2) is 0 Å². The van der Waals surface area contributed by atoms with Crippen molar-refractivity contribution in [2.75, 3.05) is 5.32 Å². The Bertz CT molecular complexity index is 964. The lowest BCUT2D eigenvalue weighted by Crippen LogP contribution is -2.32. The fourth-order valence-corrected chi connectivity index (χ4v) is 2.78. The SMILES string of the molecule is CC(C)(C)OC(=O)NCc1ccc(C(=O)Nc2cccc(S(N)(=O)=O)c2)cc1. The van der Waals surface area contributed by atoms with E-state index in [9.17, 15) is 18.0 Å². The van der Waals surface area contributed by atoms with Crippen molar-refractivity contribution in [1.82, 2.24) is 5.32 Å². The van der Waals surface area contributed by atoms with Gasteiger partial charge in [0.25, 0.3) is 5.91 Å². The third-order valence-corrected chi connectivity index (χ3v) is 4.38. The average molecular weight is 405 g/mol. The number of primary sulfonamides is 1. The van der Waals surface area contributed by atoms with Crippen LogP contribution >= 0.6 is 0 Å². The van der Waals surface area contributed by atoms with Crippen molar-refractivity contribution in [2.24, 2.45) is 5.14 Å². The summed E-state index contributed by atoms with van der Waals surface area (Å²) in [5, 5.41) is 10.3. The van der Waals surface area contributed by atoms with Crippen molar-refractivity contribution in [3.63, 3.8) is 0 Å². The predicted molar refractivity (Wildman–Crippen MR) is 105 cm³/mol. The molecule has 0 aliphatic heterocycles. The lowest BCUT2D eigenvalue weighted by atomic mass is 10.1. The zero-order chi connectivity index (χ0) is 20.9. The van der Waals surface area contributed by atoms with Crippen LogP contribution < -0.4 is 15.8 Å². The van der Waals surface area contributed by atoms with Gasteiger partial charge in [-0.3, -0.25) is 4.79 Å². The van der Waals surface area contributed by atoms with E-state index in [1.165, 1.54) is 18.2 Å². The van der Waals surface area contributed by atoms with E-state index in [0.717, 1.165) is 5.56 Å². The van der Waals surface area contributed by atoms with Gasteiger partial charge in [0.2, 0.25) is 10.0 Å². The van der Waals surface area contributed by atoms with E-state index < -0.39 is 27.6 Å². The smallest absolute Gasteiger partial charge is 0.407 e. The van der Waals surface area contributed by atoms with Crippen molar-refractivity contribution in [3.05, 3.63) is 59.7 Å². The molecule has 4 N–H and O–H groups in total. The van der Waals surface area contributed by atoms with Crippen LogP contribution in [0, 0.1) is 0 Å². The monoisotopic (exact) mass is 405 g/mol. The number of nitrogens with two attached hydrogens (primary N) is 1. The van der Waals surface area contributed by atoms with Gasteiger partial charge < -0.3 is 15.4 Å². The summed E-state index contributed by atoms with van der Waals surface area (Å²) in [7, 11) is -3.85. The molecule has 0 atom stereocenters. The van der Waals surface area contributed by atoms with Gasteiger partial charge >= 0.3 is 6.09 Å². The van der Waals surface area contributed by atoms with Gasteiger partial charge in [0, 0.05) is 17.8 Å². The van der Waals surface area contributed by atoms with Crippen LogP contribution in [0.5, 0.6) is 0 Å². The van der Waals surface area contributed by atoms with Crippen LogP contribution in [0.2, 0.25) is 0 Å². The van der Waals surface area contributed by atoms with Gasteiger partial charge in [-0.05, 0) is 56.7 Å². The lowest BCUT2D eigenvalue weighted by Gasteiger charge is -2.19. The van der Waals surface area contributed by atoms with Crippen LogP contribution in [0.25, 0.3) is 0 Å². The molecule has 150 valence electrons. The highest BCUT2D eigenvalue weighted by molar-refractivity contribution is 7.89. The van der Waals surface area contributed by atoms with Crippen molar-refractivity contribution >= 4 is 27.7 Å². The Morgan fingerprint density at radius 1 is 1.07 bits per heavy atom. The van der Waals surface area contributed by atoms with Gasteiger partial charge in [-0.15, -0.1) is 0 Å². The van der Waals surface area contributed by atoms with Crippen LogP contribution in [0.15, 0.2) is 53.4 Å². The molecule has 0 fully saturated rings. The first-order valence-electron chi connectivity index (χ1n) is 8.44. The minimum absolute atomic E-state index is 0.0890. The quantitative estimate of drug-likeness (QED) is 0.704. The summed E-state index contributed by atoms with van der Waals surface area (Å²) in [5.41, 5.74) is 0.903. The van der Waals surface area contributed by atoms with Gasteiger partial charge in [-0.2, -0.15) is 0 Å². The highest BCUT2D eigenvalue weighted by Crippen LogP contribution is 2.15. The molecule has 0 aromatic heterocycles. The molecule has 2 aromatic rings. The maximum atomic E-state index is 12.3. The third kappa shape index (κ3) is 6.67. The van der Waals surface area contributed by atoms with Crippen LogP contribution in [0.3, 0.4) is 0 Å². The molecule has 0 spiro atoms. The first-order valence-corrected chi connectivity index (χ1v) is 9.99. The Hall–Kier alpha value is -2.91. The average Bonchev–Trinajstić information content (AvgIpc) is 2.58. The molecule has 0 radical (unpaired) electrons. The topological polar surface area (TPSA) is 128 Å². The minimum atomic E-state index is -3.85. The zero-order valence-corrected chi connectivity index (χ0v) is 16.7. The first kappa shape index (κ1) is 21.4. The highest BCUT2D eigenvalue weighted by Gasteiger charge is 2.16. The molecule has 2 amide bonds. The van der Waals surface area contributed by atoms with Crippen LogP contribution in [0.4, 0.5) is 10.5 Å². The number of hydrogen-bond acceptors (Lipinski definition) is 5. The summed E-state index contributed by atoms with van der Waals surface area (Å²) in [6.45, 7) is 5.59.